The molecule has 1 heterocycles. The summed E-state index contributed by atoms with van der Waals surface area (Å²) in [5.74, 6) is 3.92. The van der Waals surface area contributed by atoms with Crippen molar-refractivity contribution in [2.24, 2.45) is 0 Å². The zero-order chi connectivity index (χ0) is 14.8. The van der Waals surface area contributed by atoms with Crippen LogP contribution in [0.4, 0.5) is 0 Å². The lowest BCUT2D eigenvalue weighted by Crippen LogP contribution is -2.36. The first-order valence-electron chi connectivity index (χ1n) is 6.54. The van der Waals surface area contributed by atoms with Gasteiger partial charge in [-0.3, -0.25) is 0 Å². The third-order valence-electron chi connectivity index (χ3n) is 2.37. The van der Waals surface area contributed by atoms with Crippen LogP contribution in [0, 0.1) is 0 Å². The lowest BCUT2D eigenvalue weighted by molar-refractivity contribution is 0.344. The second-order valence-corrected chi connectivity index (χ2v) is 6.10. The lowest BCUT2D eigenvalue weighted by atomic mass is 10.4. The summed E-state index contributed by atoms with van der Waals surface area (Å²) in [6, 6.07) is 4.10. The maximum atomic E-state index is 5.74. The average Bonchev–Trinajstić information content (AvgIpc) is 2.82. The molecule has 0 radical (unpaired) electrons. The number of hydrogen-bond acceptors (Lipinski definition) is 4. The van der Waals surface area contributed by atoms with Crippen LogP contribution >= 0.6 is 24.0 Å². The zero-order valence-corrected chi connectivity index (χ0v) is 13.8. The first-order valence-corrected chi connectivity index (χ1v) is 8.10. The van der Waals surface area contributed by atoms with Gasteiger partial charge in [-0.2, -0.15) is 11.8 Å². The third kappa shape index (κ3) is 7.57. The molecule has 0 unspecified atom stereocenters. The summed E-state index contributed by atoms with van der Waals surface area (Å²) in [5, 5.41) is 6.86. The molecule has 0 spiro atoms. The summed E-state index contributed by atoms with van der Waals surface area (Å²) in [6.45, 7) is 6.01. The van der Waals surface area contributed by atoms with Gasteiger partial charge in [0.1, 0.15) is 11.5 Å². The summed E-state index contributed by atoms with van der Waals surface area (Å²) in [4.78, 5) is 2.09. The predicted octanol–water partition coefficient (Wildman–Crippen LogP) is 2.22. The van der Waals surface area contributed by atoms with Crippen molar-refractivity contribution >= 4 is 29.1 Å². The highest BCUT2D eigenvalue weighted by Gasteiger charge is 2.03. The van der Waals surface area contributed by atoms with Gasteiger partial charge in [0.15, 0.2) is 5.11 Å². The van der Waals surface area contributed by atoms with E-state index in [2.05, 4.69) is 28.2 Å². The standard InChI is InChI=1S/C14H23N3OS2/c1-4-7-15-14(19)16-8-9-20-11-13-6-5-12(18-13)10-17(2)3/h4-6H,1,7-11H2,2-3H3,(H2,15,16,19). The van der Waals surface area contributed by atoms with Crippen LogP contribution in [0.25, 0.3) is 0 Å². The second-order valence-electron chi connectivity index (χ2n) is 4.58. The summed E-state index contributed by atoms with van der Waals surface area (Å²) in [5.41, 5.74) is 0. The van der Waals surface area contributed by atoms with Crippen LogP contribution < -0.4 is 10.6 Å². The number of thioether (sulfide) groups is 1. The zero-order valence-electron chi connectivity index (χ0n) is 12.1. The second kappa shape index (κ2) is 9.85. The monoisotopic (exact) mass is 313 g/mol. The Morgan fingerprint density at radius 1 is 1.40 bits per heavy atom. The van der Waals surface area contributed by atoms with Crippen molar-refractivity contribution in [1.82, 2.24) is 15.5 Å². The number of thiocarbonyl (C=S) groups is 1. The minimum atomic E-state index is 0.678. The van der Waals surface area contributed by atoms with E-state index < -0.39 is 0 Å². The third-order valence-corrected chi connectivity index (χ3v) is 3.64. The van der Waals surface area contributed by atoms with Gasteiger partial charge in [0.05, 0.1) is 12.3 Å². The highest BCUT2D eigenvalue weighted by atomic mass is 32.2. The van der Waals surface area contributed by atoms with E-state index in [0.717, 1.165) is 36.1 Å². The van der Waals surface area contributed by atoms with E-state index in [1.165, 1.54) is 0 Å². The van der Waals surface area contributed by atoms with Crippen LogP contribution in [-0.2, 0) is 12.3 Å². The van der Waals surface area contributed by atoms with Crippen LogP contribution in [0.5, 0.6) is 0 Å². The average molecular weight is 313 g/mol. The van der Waals surface area contributed by atoms with E-state index in [9.17, 15) is 0 Å². The molecule has 0 aliphatic heterocycles. The van der Waals surface area contributed by atoms with Gasteiger partial charge in [-0.25, -0.2) is 0 Å². The maximum absolute atomic E-state index is 5.74. The Hall–Kier alpha value is -0.980. The van der Waals surface area contributed by atoms with Crippen molar-refractivity contribution < 1.29 is 4.42 Å². The van der Waals surface area contributed by atoms with Gasteiger partial charge in [0, 0.05) is 18.8 Å². The molecule has 0 saturated heterocycles. The highest BCUT2D eigenvalue weighted by molar-refractivity contribution is 7.98. The topological polar surface area (TPSA) is 40.4 Å². The van der Waals surface area contributed by atoms with Crippen molar-refractivity contribution in [3.63, 3.8) is 0 Å². The van der Waals surface area contributed by atoms with Crippen LogP contribution in [-0.4, -0.2) is 43.0 Å². The quantitative estimate of drug-likeness (QED) is 0.414. The van der Waals surface area contributed by atoms with Crippen LogP contribution in [0.1, 0.15) is 11.5 Å². The molecule has 0 fully saturated rings. The van der Waals surface area contributed by atoms with Gasteiger partial charge in [0.2, 0.25) is 0 Å². The Kier molecular flexibility index (Phi) is 8.41. The molecular weight excluding hydrogens is 290 g/mol. The van der Waals surface area contributed by atoms with Crippen LogP contribution in [0.2, 0.25) is 0 Å². The van der Waals surface area contributed by atoms with Gasteiger partial charge in [-0.15, -0.1) is 6.58 Å². The Bertz CT molecular complexity index is 418. The number of hydrogen-bond donors (Lipinski definition) is 2. The molecule has 0 bridgehead atoms. The fraction of sp³-hybridized carbons (Fsp3) is 0.500. The molecule has 0 saturated carbocycles. The smallest absolute Gasteiger partial charge is 0.166 e. The highest BCUT2D eigenvalue weighted by Crippen LogP contribution is 2.15. The van der Waals surface area contributed by atoms with Gasteiger partial charge in [-0.05, 0) is 38.4 Å². The van der Waals surface area contributed by atoms with Gasteiger partial charge in [0.25, 0.3) is 0 Å². The minimum Gasteiger partial charge on any atom is -0.464 e. The van der Waals surface area contributed by atoms with Crippen molar-refractivity contribution in [1.29, 1.82) is 0 Å². The van der Waals surface area contributed by atoms with E-state index in [-0.39, 0.29) is 0 Å². The first-order chi connectivity index (χ1) is 9.61. The maximum Gasteiger partial charge on any atom is 0.166 e. The first kappa shape index (κ1) is 17.1. The summed E-state index contributed by atoms with van der Waals surface area (Å²) in [7, 11) is 4.07. The lowest BCUT2D eigenvalue weighted by Gasteiger charge is -2.08. The number of nitrogens with zero attached hydrogens (tertiary/aromatic N) is 1. The fourth-order valence-corrected chi connectivity index (χ4v) is 2.47. The Morgan fingerprint density at radius 2 is 2.15 bits per heavy atom. The van der Waals surface area contributed by atoms with E-state index in [1.54, 1.807) is 6.08 Å². The van der Waals surface area contributed by atoms with Crippen LogP contribution in [0.15, 0.2) is 29.2 Å². The Labute approximate surface area is 131 Å². The molecule has 0 atom stereocenters. The molecule has 2 N–H and O–H groups in total. The number of rotatable bonds is 9. The molecule has 1 aromatic rings. The molecule has 112 valence electrons. The van der Waals surface area contributed by atoms with Gasteiger partial charge in [-0.1, -0.05) is 6.08 Å². The van der Waals surface area contributed by atoms with Crippen molar-refractivity contribution in [3.8, 4) is 0 Å². The fourth-order valence-electron chi connectivity index (χ4n) is 1.53. The van der Waals surface area contributed by atoms with Gasteiger partial charge >= 0.3 is 0 Å². The van der Waals surface area contributed by atoms with Crippen molar-refractivity contribution in [3.05, 3.63) is 36.3 Å². The summed E-state index contributed by atoms with van der Waals surface area (Å²) in [6.07, 6.45) is 1.78. The van der Waals surface area contributed by atoms with Crippen LogP contribution in [0.3, 0.4) is 0 Å². The Morgan fingerprint density at radius 3 is 2.85 bits per heavy atom. The molecule has 0 amide bonds. The molecule has 0 aliphatic rings. The summed E-state index contributed by atoms with van der Waals surface area (Å²) >= 11 is 6.93. The van der Waals surface area contributed by atoms with E-state index in [4.69, 9.17) is 16.6 Å². The molecule has 1 aromatic heterocycles. The number of nitrogens with one attached hydrogen (secondary N) is 2. The van der Waals surface area contributed by atoms with Crippen molar-refractivity contribution in [2.75, 3.05) is 32.9 Å². The largest absolute Gasteiger partial charge is 0.464 e. The molecule has 6 heteroatoms. The Balaban J connectivity index is 2.10. The molecule has 0 aliphatic carbocycles. The predicted molar refractivity (Wildman–Crippen MR) is 91.1 cm³/mol. The van der Waals surface area contributed by atoms with E-state index >= 15 is 0 Å². The molecule has 0 aromatic carbocycles. The molecular formula is C14H23N3OS2. The molecule has 20 heavy (non-hydrogen) atoms. The molecule has 4 nitrogen and oxygen atoms in total. The summed E-state index contributed by atoms with van der Waals surface area (Å²) < 4.78 is 5.74. The minimum absolute atomic E-state index is 0.678. The number of furan rings is 1. The normalized spacial score (nSPS) is 10.6. The van der Waals surface area contributed by atoms with E-state index in [0.29, 0.717) is 11.7 Å². The SMILES string of the molecule is C=CCNC(=S)NCCSCc1ccc(CN(C)C)o1. The van der Waals surface area contributed by atoms with E-state index in [1.807, 2.05) is 31.9 Å². The van der Waals surface area contributed by atoms with Gasteiger partial charge < -0.3 is 20.0 Å². The van der Waals surface area contributed by atoms with Crippen molar-refractivity contribution in [2.45, 2.75) is 12.3 Å². The molecule has 1 rings (SSSR count).